The summed E-state index contributed by atoms with van der Waals surface area (Å²) in [7, 11) is 2.04. The molecule has 0 bridgehead atoms. The lowest BCUT2D eigenvalue weighted by atomic mass is 10.2. The number of hydrogen-bond acceptors (Lipinski definition) is 2. The third-order valence-electron chi connectivity index (χ3n) is 2.11. The van der Waals surface area contributed by atoms with Crippen LogP contribution < -0.4 is 5.73 Å². The van der Waals surface area contributed by atoms with Crippen molar-refractivity contribution < 1.29 is 4.39 Å². The van der Waals surface area contributed by atoms with Crippen LogP contribution in [0.2, 0.25) is 0 Å². The molecule has 3 heteroatoms. The Kier molecular flexibility index (Phi) is 4.56. The molecule has 2 nitrogen and oxygen atoms in total. The van der Waals surface area contributed by atoms with Crippen LogP contribution in [0, 0.1) is 5.82 Å². The van der Waals surface area contributed by atoms with Crippen molar-refractivity contribution in [1.29, 1.82) is 0 Å². The van der Waals surface area contributed by atoms with Gasteiger partial charge in [0.1, 0.15) is 5.82 Å². The van der Waals surface area contributed by atoms with E-state index in [1.807, 2.05) is 19.2 Å². The Morgan fingerprint density at radius 2 is 1.93 bits per heavy atom. The van der Waals surface area contributed by atoms with Crippen LogP contribution in [-0.4, -0.2) is 25.0 Å². The second-order valence-electron chi connectivity index (χ2n) is 3.51. The maximum Gasteiger partial charge on any atom is 0.123 e. The smallest absolute Gasteiger partial charge is 0.123 e. The van der Waals surface area contributed by atoms with E-state index in [1.165, 1.54) is 12.1 Å². The van der Waals surface area contributed by atoms with Gasteiger partial charge < -0.3 is 10.6 Å². The summed E-state index contributed by atoms with van der Waals surface area (Å²) in [5, 5.41) is 0. The molecule has 0 aliphatic carbocycles. The highest BCUT2D eigenvalue weighted by atomic mass is 19.1. The van der Waals surface area contributed by atoms with Gasteiger partial charge in [-0.15, -0.1) is 0 Å². The molecular weight excluding hydrogens is 179 g/mol. The second-order valence-corrected chi connectivity index (χ2v) is 3.51. The molecular formula is C11H17FN2. The van der Waals surface area contributed by atoms with Gasteiger partial charge in [-0.05, 0) is 44.3 Å². The molecule has 0 heterocycles. The average Bonchev–Trinajstić information content (AvgIpc) is 2.18. The van der Waals surface area contributed by atoms with Gasteiger partial charge in [-0.1, -0.05) is 12.1 Å². The standard InChI is InChI=1S/C11H17FN2/c1-14(8-2-7-13)9-10-3-5-11(12)6-4-10/h3-6H,2,7-9,13H2,1H3. The van der Waals surface area contributed by atoms with Crippen LogP contribution in [0.4, 0.5) is 4.39 Å². The van der Waals surface area contributed by atoms with E-state index < -0.39 is 0 Å². The van der Waals surface area contributed by atoms with Crippen molar-refractivity contribution in [1.82, 2.24) is 4.90 Å². The van der Waals surface area contributed by atoms with Crippen LogP contribution in [0.3, 0.4) is 0 Å². The summed E-state index contributed by atoms with van der Waals surface area (Å²) in [4.78, 5) is 2.18. The van der Waals surface area contributed by atoms with Crippen LogP contribution in [-0.2, 0) is 6.54 Å². The molecule has 0 radical (unpaired) electrons. The third kappa shape index (κ3) is 3.85. The average molecular weight is 196 g/mol. The van der Waals surface area contributed by atoms with E-state index in [0.717, 1.165) is 25.1 Å². The normalized spacial score (nSPS) is 10.9. The molecule has 2 N–H and O–H groups in total. The molecule has 0 atom stereocenters. The van der Waals surface area contributed by atoms with Crippen LogP contribution in [0.15, 0.2) is 24.3 Å². The zero-order valence-electron chi connectivity index (χ0n) is 8.54. The van der Waals surface area contributed by atoms with E-state index >= 15 is 0 Å². The van der Waals surface area contributed by atoms with E-state index in [1.54, 1.807) is 0 Å². The number of nitrogens with zero attached hydrogens (tertiary/aromatic N) is 1. The van der Waals surface area contributed by atoms with Gasteiger partial charge in [0.25, 0.3) is 0 Å². The van der Waals surface area contributed by atoms with Crippen molar-refractivity contribution >= 4 is 0 Å². The van der Waals surface area contributed by atoms with Crippen molar-refractivity contribution in [3.05, 3.63) is 35.6 Å². The molecule has 0 aliphatic heterocycles. The Bertz CT molecular complexity index is 258. The van der Waals surface area contributed by atoms with Crippen LogP contribution in [0.1, 0.15) is 12.0 Å². The largest absolute Gasteiger partial charge is 0.330 e. The van der Waals surface area contributed by atoms with Crippen LogP contribution in [0.5, 0.6) is 0 Å². The van der Waals surface area contributed by atoms with Crippen LogP contribution in [0.25, 0.3) is 0 Å². The summed E-state index contributed by atoms with van der Waals surface area (Å²) >= 11 is 0. The zero-order chi connectivity index (χ0) is 10.4. The molecule has 0 spiro atoms. The predicted octanol–water partition coefficient (Wildman–Crippen LogP) is 1.61. The van der Waals surface area contributed by atoms with E-state index in [2.05, 4.69) is 4.90 Å². The summed E-state index contributed by atoms with van der Waals surface area (Å²) in [6.07, 6.45) is 0.998. The molecule has 0 unspecified atom stereocenters. The number of nitrogens with two attached hydrogens (primary N) is 1. The Balaban J connectivity index is 2.39. The van der Waals surface area contributed by atoms with Gasteiger partial charge in [-0.2, -0.15) is 0 Å². The number of rotatable bonds is 5. The topological polar surface area (TPSA) is 29.3 Å². The van der Waals surface area contributed by atoms with Gasteiger partial charge in [0.05, 0.1) is 0 Å². The Hall–Kier alpha value is -0.930. The quantitative estimate of drug-likeness (QED) is 0.775. The second kappa shape index (κ2) is 5.73. The number of benzene rings is 1. The third-order valence-corrected chi connectivity index (χ3v) is 2.11. The highest BCUT2D eigenvalue weighted by molar-refractivity contribution is 5.15. The lowest BCUT2D eigenvalue weighted by molar-refractivity contribution is 0.324. The fourth-order valence-corrected chi connectivity index (χ4v) is 1.34. The molecule has 0 aromatic heterocycles. The Labute approximate surface area is 84.5 Å². The number of halogens is 1. The molecule has 0 saturated heterocycles. The first-order valence-corrected chi connectivity index (χ1v) is 4.85. The zero-order valence-corrected chi connectivity index (χ0v) is 8.54. The van der Waals surface area contributed by atoms with Crippen molar-refractivity contribution in [2.45, 2.75) is 13.0 Å². The molecule has 1 aromatic carbocycles. The summed E-state index contributed by atoms with van der Waals surface area (Å²) in [6, 6.07) is 6.61. The van der Waals surface area contributed by atoms with E-state index in [-0.39, 0.29) is 5.82 Å². The molecule has 0 fully saturated rings. The van der Waals surface area contributed by atoms with E-state index in [4.69, 9.17) is 5.73 Å². The number of hydrogen-bond donors (Lipinski definition) is 1. The lowest BCUT2D eigenvalue weighted by Gasteiger charge is -2.15. The molecule has 1 aromatic rings. The molecule has 14 heavy (non-hydrogen) atoms. The lowest BCUT2D eigenvalue weighted by Crippen LogP contribution is -2.21. The molecule has 78 valence electrons. The monoisotopic (exact) mass is 196 g/mol. The van der Waals surface area contributed by atoms with Crippen LogP contribution >= 0.6 is 0 Å². The molecule has 0 saturated carbocycles. The minimum absolute atomic E-state index is 0.182. The SMILES string of the molecule is CN(CCCN)Cc1ccc(F)cc1. The Morgan fingerprint density at radius 1 is 1.29 bits per heavy atom. The highest BCUT2D eigenvalue weighted by Crippen LogP contribution is 2.05. The summed E-state index contributed by atoms with van der Waals surface area (Å²) in [6.45, 7) is 2.54. The maximum absolute atomic E-state index is 12.6. The summed E-state index contributed by atoms with van der Waals surface area (Å²) in [5.41, 5.74) is 6.54. The first-order valence-electron chi connectivity index (χ1n) is 4.85. The highest BCUT2D eigenvalue weighted by Gasteiger charge is 1.99. The summed E-state index contributed by atoms with van der Waals surface area (Å²) < 4.78 is 12.6. The minimum atomic E-state index is -0.182. The molecule has 0 aliphatic rings. The fraction of sp³-hybridized carbons (Fsp3) is 0.455. The first kappa shape index (κ1) is 11.1. The van der Waals surface area contributed by atoms with Crippen molar-refractivity contribution in [2.24, 2.45) is 5.73 Å². The van der Waals surface area contributed by atoms with Crippen molar-refractivity contribution in [3.8, 4) is 0 Å². The Morgan fingerprint density at radius 3 is 2.50 bits per heavy atom. The van der Waals surface area contributed by atoms with E-state index in [9.17, 15) is 4.39 Å². The molecule has 0 amide bonds. The van der Waals surface area contributed by atoms with Gasteiger partial charge >= 0.3 is 0 Å². The molecule has 1 rings (SSSR count). The summed E-state index contributed by atoms with van der Waals surface area (Å²) in [5.74, 6) is -0.182. The van der Waals surface area contributed by atoms with Gasteiger partial charge in [0.2, 0.25) is 0 Å². The van der Waals surface area contributed by atoms with Gasteiger partial charge in [-0.3, -0.25) is 0 Å². The first-order chi connectivity index (χ1) is 6.72. The van der Waals surface area contributed by atoms with E-state index in [0.29, 0.717) is 6.54 Å². The predicted molar refractivity (Wildman–Crippen MR) is 56.4 cm³/mol. The maximum atomic E-state index is 12.6. The fourth-order valence-electron chi connectivity index (χ4n) is 1.34. The van der Waals surface area contributed by atoms with Gasteiger partial charge in [0.15, 0.2) is 0 Å². The van der Waals surface area contributed by atoms with Gasteiger partial charge in [0, 0.05) is 6.54 Å². The minimum Gasteiger partial charge on any atom is -0.330 e. The van der Waals surface area contributed by atoms with Crippen molar-refractivity contribution in [3.63, 3.8) is 0 Å². The van der Waals surface area contributed by atoms with Crippen molar-refractivity contribution in [2.75, 3.05) is 20.1 Å². The van der Waals surface area contributed by atoms with Gasteiger partial charge in [-0.25, -0.2) is 4.39 Å².